The van der Waals surface area contributed by atoms with Crippen LogP contribution in [0.1, 0.15) is 5.56 Å². The molecule has 2 heterocycles. The summed E-state index contributed by atoms with van der Waals surface area (Å²) in [6.07, 6.45) is 1.86. The number of rotatable bonds is 6. The van der Waals surface area contributed by atoms with Crippen LogP contribution in [0.15, 0.2) is 41.5 Å². The van der Waals surface area contributed by atoms with E-state index in [1.54, 1.807) is 14.2 Å². The molecule has 1 saturated heterocycles. The van der Waals surface area contributed by atoms with E-state index in [4.69, 9.17) is 15.2 Å². The van der Waals surface area contributed by atoms with Gasteiger partial charge in [-0.2, -0.15) is 0 Å². The monoisotopic (exact) mass is 512 g/mol. The molecule has 0 saturated carbocycles. The third kappa shape index (κ3) is 6.36. The van der Waals surface area contributed by atoms with Crippen molar-refractivity contribution in [2.75, 3.05) is 57.7 Å². The van der Waals surface area contributed by atoms with Gasteiger partial charge in [-0.1, -0.05) is 6.07 Å². The lowest BCUT2D eigenvalue weighted by Gasteiger charge is -2.33. The van der Waals surface area contributed by atoms with Gasteiger partial charge in [-0.3, -0.25) is 0 Å². The van der Waals surface area contributed by atoms with Crippen LogP contribution in [0.5, 0.6) is 11.5 Å². The SMILES string of the molecule is COc1ccc(NC(N)=NCc2ccc(N3CCN(C)CC3)nc2)cc1OC.I. The van der Waals surface area contributed by atoms with Gasteiger partial charge in [0.25, 0.3) is 0 Å². The van der Waals surface area contributed by atoms with Gasteiger partial charge < -0.3 is 30.3 Å². The Hall–Kier alpha value is -2.27. The molecular weight excluding hydrogens is 483 g/mol. The zero-order chi connectivity index (χ0) is 19.9. The molecule has 3 N–H and O–H groups in total. The minimum Gasteiger partial charge on any atom is -0.493 e. The van der Waals surface area contributed by atoms with Crippen LogP contribution in [-0.2, 0) is 6.54 Å². The minimum atomic E-state index is 0. The number of hydrogen-bond acceptors (Lipinski definition) is 6. The Morgan fingerprint density at radius 3 is 2.45 bits per heavy atom. The van der Waals surface area contributed by atoms with Crippen molar-refractivity contribution in [3.05, 3.63) is 42.1 Å². The number of guanidine groups is 1. The summed E-state index contributed by atoms with van der Waals surface area (Å²) in [4.78, 5) is 13.6. The molecule has 158 valence electrons. The van der Waals surface area contributed by atoms with Crippen molar-refractivity contribution in [2.24, 2.45) is 10.7 Å². The van der Waals surface area contributed by atoms with Gasteiger partial charge in [-0.25, -0.2) is 9.98 Å². The van der Waals surface area contributed by atoms with E-state index in [9.17, 15) is 0 Å². The molecule has 2 aromatic rings. The van der Waals surface area contributed by atoms with Gasteiger partial charge in [0, 0.05) is 44.1 Å². The first-order valence-electron chi connectivity index (χ1n) is 9.26. The summed E-state index contributed by atoms with van der Waals surface area (Å²) in [6.45, 7) is 4.59. The zero-order valence-corrected chi connectivity index (χ0v) is 19.4. The molecule has 1 aromatic heterocycles. The Balaban J connectivity index is 0.00000300. The standard InChI is InChI=1S/C20H28N6O2.HI/c1-25-8-10-26(11-9-25)19-7-4-15(13-22-19)14-23-20(21)24-16-5-6-17(27-2)18(12-16)28-3;/h4-7,12-13H,8-11,14H2,1-3H3,(H3,21,23,24);1H. The summed E-state index contributed by atoms with van der Waals surface area (Å²) in [5.41, 5.74) is 7.80. The fourth-order valence-corrected chi connectivity index (χ4v) is 3.01. The Morgan fingerprint density at radius 1 is 1.10 bits per heavy atom. The summed E-state index contributed by atoms with van der Waals surface area (Å²) >= 11 is 0. The highest BCUT2D eigenvalue weighted by molar-refractivity contribution is 14.0. The summed E-state index contributed by atoms with van der Waals surface area (Å²) < 4.78 is 10.5. The number of piperazine rings is 1. The molecule has 0 aliphatic carbocycles. The van der Waals surface area contributed by atoms with Gasteiger partial charge in [-0.15, -0.1) is 24.0 Å². The van der Waals surface area contributed by atoms with Crippen LogP contribution >= 0.6 is 24.0 Å². The summed E-state index contributed by atoms with van der Waals surface area (Å²) in [6, 6.07) is 9.58. The molecule has 9 heteroatoms. The maximum atomic E-state index is 6.01. The molecule has 1 aliphatic rings. The molecule has 0 bridgehead atoms. The number of aromatic nitrogens is 1. The molecule has 0 radical (unpaired) electrons. The van der Waals surface area contributed by atoms with Crippen molar-refractivity contribution >= 4 is 41.4 Å². The number of hydrogen-bond donors (Lipinski definition) is 2. The number of halogens is 1. The number of methoxy groups -OCH3 is 2. The van der Waals surface area contributed by atoms with Gasteiger partial charge in [0.1, 0.15) is 5.82 Å². The first-order chi connectivity index (χ1) is 13.6. The molecule has 0 spiro atoms. The molecule has 1 aromatic carbocycles. The van der Waals surface area contributed by atoms with Crippen molar-refractivity contribution in [2.45, 2.75) is 6.54 Å². The molecule has 8 nitrogen and oxygen atoms in total. The molecule has 3 rings (SSSR count). The second-order valence-electron chi connectivity index (χ2n) is 6.71. The smallest absolute Gasteiger partial charge is 0.193 e. The van der Waals surface area contributed by atoms with Gasteiger partial charge in [0.15, 0.2) is 17.5 Å². The predicted octanol–water partition coefficient (Wildman–Crippen LogP) is 2.40. The van der Waals surface area contributed by atoms with Crippen molar-refractivity contribution in [3.63, 3.8) is 0 Å². The molecule has 0 amide bonds. The Labute approximate surface area is 189 Å². The van der Waals surface area contributed by atoms with E-state index < -0.39 is 0 Å². The van der Waals surface area contributed by atoms with Crippen molar-refractivity contribution in [3.8, 4) is 11.5 Å². The molecular formula is C20H29IN6O2. The van der Waals surface area contributed by atoms with E-state index in [-0.39, 0.29) is 24.0 Å². The van der Waals surface area contributed by atoms with Crippen molar-refractivity contribution in [1.82, 2.24) is 9.88 Å². The van der Waals surface area contributed by atoms with Gasteiger partial charge >= 0.3 is 0 Å². The summed E-state index contributed by atoms with van der Waals surface area (Å²) in [5.74, 6) is 2.63. The molecule has 29 heavy (non-hydrogen) atoms. The van der Waals surface area contributed by atoms with Crippen LogP contribution in [0.4, 0.5) is 11.5 Å². The lowest BCUT2D eigenvalue weighted by molar-refractivity contribution is 0.312. The fourth-order valence-electron chi connectivity index (χ4n) is 3.01. The van der Waals surface area contributed by atoms with Crippen molar-refractivity contribution in [1.29, 1.82) is 0 Å². The third-order valence-electron chi connectivity index (χ3n) is 4.72. The summed E-state index contributed by atoms with van der Waals surface area (Å²) in [7, 11) is 5.34. The summed E-state index contributed by atoms with van der Waals surface area (Å²) in [5, 5.41) is 3.06. The Kier molecular flexibility index (Phi) is 8.77. The number of nitrogens with one attached hydrogen (secondary N) is 1. The quantitative estimate of drug-likeness (QED) is 0.349. The van der Waals surface area contributed by atoms with Crippen LogP contribution in [0.2, 0.25) is 0 Å². The normalized spacial score (nSPS) is 14.9. The van der Waals surface area contributed by atoms with Gasteiger partial charge in [-0.05, 0) is 30.8 Å². The number of nitrogens with zero attached hydrogens (tertiary/aromatic N) is 4. The second kappa shape index (κ2) is 11.1. The number of ether oxygens (including phenoxy) is 2. The topological polar surface area (TPSA) is 88.2 Å². The first kappa shape index (κ1) is 23.0. The maximum absolute atomic E-state index is 6.01. The highest BCUT2D eigenvalue weighted by Crippen LogP contribution is 2.29. The zero-order valence-electron chi connectivity index (χ0n) is 17.1. The van der Waals surface area contributed by atoms with E-state index in [0.29, 0.717) is 24.0 Å². The maximum Gasteiger partial charge on any atom is 0.193 e. The highest BCUT2D eigenvalue weighted by atomic mass is 127. The van der Waals surface area contributed by atoms with Gasteiger partial charge in [0.2, 0.25) is 0 Å². The van der Waals surface area contributed by atoms with Crippen LogP contribution in [-0.4, -0.2) is 63.3 Å². The van der Waals surface area contributed by atoms with E-state index in [1.807, 2.05) is 36.5 Å². The minimum absolute atomic E-state index is 0. The average molecular weight is 512 g/mol. The highest BCUT2D eigenvalue weighted by Gasteiger charge is 2.14. The van der Waals surface area contributed by atoms with Crippen LogP contribution < -0.4 is 25.4 Å². The number of nitrogens with two attached hydrogens (primary N) is 1. The van der Waals surface area contributed by atoms with E-state index in [2.05, 4.69) is 32.1 Å². The number of likely N-dealkylation sites (N-methyl/N-ethyl adjacent to an activating group) is 1. The largest absolute Gasteiger partial charge is 0.493 e. The van der Waals surface area contributed by atoms with Crippen molar-refractivity contribution < 1.29 is 9.47 Å². The van der Waals surface area contributed by atoms with E-state index in [1.165, 1.54) is 0 Å². The van der Waals surface area contributed by atoms with Crippen LogP contribution in [0.25, 0.3) is 0 Å². The Bertz CT molecular complexity index is 807. The second-order valence-corrected chi connectivity index (χ2v) is 6.71. The predicted molar refractivity (Wildman–Crippen MR) is 128 cm³/mol. The lowest BCUT2D eigenvalue weighted by atomic mass is 10.2. The molecule has 0 atom stereocenters. The number of aliphatic imine (C=N–C) groups is 1. The van der Waals surface area contributed by atoms with Crippen LogP contribution in [0, 0.1) is 0 Å². The lowest BCUT2D eigenvalue weighted by Crippen LogP contribution is -2.44. The molecule has 0 unspecified atom stereocenters. The number of anilines is 2. The fraction of sp³-hybridized carbons (Fsp3) is 0.400. The van der Waals surface area contributed by atoms with E-state index >= 15 is 0 Å². The number of benzene rings is 1. The van der Waals surface area contributed by atoms with E-state index in [0.717, 1.165) is 43.2 Å². The third-order valence-corrected chi connectivity index (χ3v) is 4.72. The van der Waals surface area contributed by atoms with Gasteiger partial charge in [0.05, 0.1) is 20.8 Å². The molecule has 1 aliphatic heterocycles. The Morgan fingerprint density at radius 2 is 1.83 bits per heavy atom. The first-order valence-corrected chi connectivity index (χ1v) is 9.26. The number of pyridine rings is 1. The average Bonchev–Trinajstić information content (AvgIpc) is 2.73. The molecule has 1 fully saturated rings. The van der Waals surface area contributed by atoms with Crippen LogP contribution in [0.3, 0.4) is 0 Å².